The number of methoxy groups -OCH3 is 1. The number of likely N-dealkylation sites (tertiary alicyclic amines) is 3. The van der Waals surface area contributed by atoms with Gasteiger partial charge in [0, 0.05) is 75.6 Å². The molecule has 6 fully saturated rings. The second kappa shape index (κ2) is 37.8. The van der Waals surface area contributed by atoms with Gasteiger partial charge in [0.2, 0.25) is 35.4 Å². The molecule has 6 heterocycles. The van der Waals surface area contributed by atoms with Crippen molar-refractivity contribution in [3.63, 3.8) is 0 Å². The summed E-state index contributed by atoms with van der Waals surface area (Å²) in [5.74, 6) is 1.50. The summed E-state index contributed by atoms with van der Waals surface area (Å²) < 4.78 is 5.57. The van der Waals surface area contributed by atoms with E-state index in [1.807, 2.05) is 74.4 Å². The topological polar surface area (TPSA) is 196 Å². The molecule has 0 spiro atoms. The van der Waals surface area contributed by atoms with Crippen LogP contribution in [0, 0.1) is 35.5 Å². The van der Waals surface area contributed by atoms with Crippen LogP contribution in [0.1, 0.15) is 229 Å². The van der Waals surface area contributed by atoms with Crippen LogP contribution in [0.15, 0.2) is 137 Å². The van der Waals surface area contributed by atoms with E-state index in [1.54, 1.807) is 41.1 Å². The molecule has 3 saturated carbocycles. The Balaban J connectivity index is 0.000000145. The summed E-state index contributed by atoms with van der Waals surface area (Å²) in [4.78, 5) is 102. The van der Waals surface area contributed by atoms with Gasteiger partial charge in [-0.15, -0.1) is 34.0 Å². The highest BCUT2D eigenvalue weighted by molar-refractivity contribution is 7.10. The van der Waals surface area contributed by atoms with Gasteiger partial charge in [0.15, 0.2) is 0 Å². The van der Waals surface area contributed by atoms with Gasteiger partial charge in [0.25, 0.3) is 0 Å². The lowest BCUT2D eigenvalue weighted by molar-refractivity contribution is -0.140. The molecule has 15 rings (SSSR count). The smallest absolute Gasteiger partial charge is 0.246 e. The summed E-state index contributed by atoms with van der Waals surface area (Å²) in [5.41, 5.74) is 6.21. The van der Waals surface area contributed by atoms with Crippen molar-refractivity contribution in [1.82, 2.24) is 45.6 Å². The lowest BCUT2D eigenvalue weighted by Gasteiger charge is -2.35. The Morgan fingerprint density at radius 3 is 1.03 bits per heavy atom. The summed E-state index contributed by atoms with van der Waals surface area (Å²) in [5, 5.41) is 25.9. The van der Waals surface area contributed by atoms with Gasteiger partial charge < -0.3 is 35.4 Å². The van der Waals surface area contributed by atoms with E-state index in [-0.39, 0.29) is 89.1 Å². The van der Waals surface area contributed by atoms with Gasteiger partial charge in [-0.05, 0) is 153 Å². The summed E-state index contributed by atoms with van der Waals surface area (Å²) in [7, 11) is 1.69. The molecule has 0 unspecified atom stereocenters. The zero-order chi connectivity index (χ0) is 76.8. The van der Waals surface area contributed by atoms with Crippen molar-refractivity contribution in [3.05, 3.63) is 152 Å². The number of nitrogens with one attached hydrogen (secondary N) is 3. The quantitative estimate of drug-likeness (QED) is 0.0587. The van der Waals surface area contributed by atoms with Crippen LogP contribution in [0.25, 0.3) is 66.1 Å². The van der Waals surface area contributed by atoms with E-state index in [0.29, 0.717) is 6.54 Å². The molecule has 6 aromatic carbocycles. The molecule has 3 N–H and O–H groups in total. The van der Waals surface area contributed by atoms with Crippen LogP contribution in [0.2, 0.25) is 0 Å². The van der Waals surface area contributed by atoms with E-state index in [1.165, 1.54) is 40.8 Å². The van der Waals surface area contributed by atoms with Gasteiger partial charge in [0.1, 0.15) is 38.9 Å². The Morgan fingerprint density at radius 2 is 0.691 bits per heavy atom. The molecule has 16 nitrogen and oxygen atoms in total. The van der Waals surface area contributed by atoms with Crippen LogP contribution < -0.4 is 20.7 Å². The Kier molecular flexibility index (Phi) is 27.3. The molecule has 9 aromatic rings. The van der Waals surface area contributed by atoms with E-state index < -0.39 is 18.1 Å². The number of amides is 6. The molecule has 582 valence electrons. The minimum Gasteiger partial charge on any atom is -0.496 e. The molecule has 3 saturated heterocycles. The van der Waals surface area contributed by atoms with Crippen LogP contribution in [-0.2, 0) is 28.8 Å². The molecule has 3 aliphatic carbocycles. The predicted molar refractivity (Wildman–Crippen MR) is 447 cm³/mol. The van der Waals surface area contributed by atoms with Gasteiger partial charge in [0.05, 0.1) is 42.3 Å². The third-order valence-electron chi connectivity index (χ3n) is 24.8. The highest BCUT2D eigenvalue weighted by atomic mass is 32.1. The van der Waals surface area contributed by atoms with Crippen LogP contribution in [-0.4, -0.2) is 110 Å². The van der Waals surface area contributed by atoms with Crippen LogP contribution in [0.3, 0.4) is 0 Å². The maximum atomic E-state index is 14.1. The molecule has 6 amide bonds. The Hall–Kier alpha value is -8.39. The average molecular weight is 1540 g/mol. The maximum Gasteiger partial charge on any atom is 0.246 e. The van der Waals surface area contributed by atoms with Crippen molar-refractivity contribution in [2.75, 3.05) is 26.7 Å². The highest BCUT2D eigenvalue weighted by Gasteiger charge is 2.44. The lowest BCUT2D eigenvalue weighted by atomic mass is 9.83. The second-order valence-corrected chi connectivity index (χ2v) is 34.4. The fraction of sp³-hybridized carbons (Fsp3) is 0.505. The predicted octanol–water partition coefficient (Wildman–Crippen LogP) is 20.2. The van der Waals surface area contributed by atoms with Crippen molar-refractivity contribution < 1.29 is 33.5 Å². The van der Waals surface area contributed by atoms with Gasteiger partial charge in [-0.2, -0.15) is 0 Å². The highest BCUT2D eigenvalue weighted by Crippen LogP contribution is 2.44. The number of hydrogen-bond donors (Lipinski definition) is 3. The Bertz CT molecular complexity index is 4430. The second-order valence-electron chi connectivity index (χ2n) is 31.8. The first-order valence-electron chi connectivity index (χ1n) is 41.4. The number of benzene rings is 6. The van der Waals surface area contributed by atoms with E-state index >= 15 is 0 Å². The number of nitrogens with zero attached hydrogens (tertiary/aromatic N) is 6. The van der Waals surface area contributed by atoms with Crippen molar-refractivity contribution in [3.8, 4) is 39.5 Å². The number of ether oxygens (including phenoxy) is 1. The monoisotopic (exact) mass is 1540 g/mol. The first-order chi connectivity index (χ1) is 53.6. The molecular formula is C91H113N9O7S3. The number of hydrogen-bond acceptors (Lipinski definition) is 13. The van der Waals surface area contributed by atoms with Gasteiger partial charge in [-0.1, -0.05) is 209 Å². The zero-order valence-electron chi connectivity index (χ0n) is 65.6. The van der Waals surface area contributed by atoms with Crippen molar-refractivity contribution in [2.24, 2.45) is 35.5 Å². The maximum absolute atomic E-state index is 14.1. The molecule has 0 bridgehead atoms. The third kappa shape index (κ3) is 18.2. The summed E-state index contributed by atoms with van der Waals surface area (Å²) in [6.45, 7) is 14.1. The lowest BCUT2D eigenvalue weighted by Crippen LogP contribution is -2.53. The SMILES string of the molecule is CC[C@@H](C)C(=O)N[C@H](C(=O)N1CCC[C@H]1c1nc(-c2ccc(OC)c3ccccc23)cs1)C1CCCCC1.CC[C@@H](C)C(=O)N[C@H](C(=O)N1CCC[C@H]1c1nc(-c2cccc3ccccc23)cs1)C1CCCCC1.CC[C@H](C)C(=O)N[C@@H](C(=O)N1CCC[C@@H]1c1nc(-c2cccc3ccccc23)cs1)C1CCCCC1. The van der Waals surface area contributed by atoms with Crippen molar-refractivity contribution in [2.45, 2.75) is 232 Å². The van der Waals surface area contributed by atoms with Crippen molar-refractivity contribution in [1.29, 1.82) is 0 Å². The van der Waals surface area contributed by atoms with E-state index in [2.05, 4.69) is 135 Å². The number of thiazole rings is 3. The van der Waals surface area contributed by atoms with E-state index in [9.17, 15) is 28.8 Å². The number of carbonyl (C=O) groups is 6. The largest absolute Gasteiger partial charge is 0.496 e. The van der Waals surface area contributed by atoms with Gasteiger partial charge in [-0.25, -0.2) is 15.0 Å². The summed E-state index contributed by atoms with van der Waals surface area (Å²) in [6, 6.07) is 40.4. The van der Waals surface area contributed by atoms with E-state index in [4.69, 9.17) is 19.7 Å². The molecule has 3 aliphatic heterocycles. The third-order valence-corrected chi connectivity index (χ3v) is 27.6. The van der Waals surface area contributed by atoms with Crippen LogP contribution in [0.4, 0.5) is 0 Å². The normalized spacial score (nSPS) is 20.2. The number of fused-ring (bicyclic) bond motifs is 3. The fourth-order valence-corrected chi connectivity index (χ4v) is 20.5. The van der Waals surface area contributed by atoms with Gasteiger partial charge >= 0.3 is 0 Å². The molecule has 110 heavy (non-hydrogen) atoms. The molecule has 19 heteroatoms. The van der Waals surface area contributed by atoms with E-state index in [0.717, 1.165) is 213 Å². The standard InChI is InChI=1S/C31H39N3O3S.2C30H37N3O2S/c1-4-20(2)29(35)33-28(21-11-6-5-7-12-21)31(36)34-18-10-15-26(34)30-32-25(19-38-30)23-16-17-27(37-3)24-14-9-8-13-22(23)24;2*1-3-20(2)28(34)32-27(22-12-5-4-6-13-22)30(35)33-18-10-17-26(33)29-31-25(19-36-29)24-16-9-14-21-11-7-8-15-23(21)24/h8-9,13-14,16-17,19-21,26,28H,4-7,10-12,15,18H2,1-3H3,(H,33,35);2*7-9,11,14-16,19-20,22,26-27H,3-6,10,12-13,17-18H2,1-2H3,(H,32,34)/t20-,26+,28+;2*20-,26+,27+/m110/s1. The van der Waals surface area contributed by atoms with Crippen molar-refractivity contribution >= 4 is 102 Å². The molecule has 0 radical (unpaired) electrons. The molecule has 3 aromatic heterocycles. The minimum atomic E-state index is -0.442. The number of aromatic nitrogens is 3. The first kappa shape index (κ1) is 79.7. The molecular weight excluding hydrogens is 1430 g/mol. The number of carbonyl (C=O) groups excluding carboxylic acids is 6. The van der Waals surface area contributed by atoms with Crippen LogP contribution >= 0.6 is 34.0 Å². The fourth-order valence-electron chi connectivity index (χ4n) is 17.6. The van der Waals surface area contributed by atoms with Crippen LogP contribution in [0.5, 0.6) is 5.75 Å². The molecule has 9 atom stereocenters. The summed E-state index contributed by atoms with van der Waals surface area (Å²) in [6.07, 6.45) is 24.5. The Labute approximate surface area is 662 Å². The minimum absolute atomic E-state index is 0.00432. The number of rotatable bonds is 22. The average Bonchev–Trinajstić information content (AvgIpc) is 1.61. The van der Waals surface area contributed by atoms with Gasteiger partial charge in [-0.3, -0.25) is 28.8 Å². The first-order valence-corrected chi connectivity index (χ1v) is 44.0. The molecule has 6 aliphatic rings. The zero-order valence-corrected chi connectivity index (χ0v) is 68.0. The Morgan fingerprint density at radius 1 is 0.382 bits per heavy atom. The summed E-state index contributed by atoms with van der Waals surface area (Å²) >= 11 is 4.92.